The van der Waals surface area contributed by atoms with E-state index in [1.54, 1.807) is 12.2 Å². The summed E-state index contributed by atoms with van der Waals surface area (Å²) in [5.74, 6) is 0.116. The van der Waals surface area contributed by atoms with Crippen LogP contribution in [0.1, 0.15) is 13.3 Å². The molecule has 3 nitrogen and oxygen atoms in total. The minimum absolute atomic E-state index is 0.116. The van der Waals surface area contributed by atoms with Crippen LogP contribution in [0.2, 0.25) is 0 Å². The molecule has 0 saturated heterocycles. The Morgan fingerprint density at radius 2 is 2.18 bits per heavy atom. The molecule has 0 aliphatic carbocycles. The smallest absolute Gasteiger partial charge is 0.155 e. The van der Waals surface area contributed by atoms with Crippen LogP contribution in [0.3, 0.4) is 0 Å². The summed E-state index contributed by atoms with van der Waals surface area (Å²) in [5.41, 5.74) is 0. The Kier molecular flexibility index (Phi) is 5.07. The van der Waals surface area contributed by atoms with E-state index in [1.165, 1.54) is 0 Å². The molecule has 0 rings (SSSR count). The lowest BCUT2D eigenvalue weighted by atomic mass is 10.00. The normalized spacial score (nSPS) is 14.6. The van der Waals surface area contributed by atoms with Gasteiger partial charge in [-0.15, -0.1) is 11.5 Å². The van der Waals surface area contributed by atoms with Gasteiger partial charge in [0.1, 0.15) is 0 Å². The van der Waals surface area contributed by atoms with Gasteiger partial charge in [0.05, 0.1) is 0 Å². The van der Waals surface area contributed by atoms with E-state index >= 15 is 0 Å². The second kappa shape index (κ2) is 5.65. The lowest BCUT2D eigenvalue weighted by Crippen LogP contribution is -2.16. The van der Waals surface area contributed by atoms with E-state index in [1.807, 2.05) is 6.92 Å². The number of hydrogen-bond acceptors (Lipinski definition) is 3. The van der Waals surface area contributed by atoms with Gasteiger partial charge >= 0.3 is 0 Å². The Balaban J connectivity index is 4.06. The van der Waals surface area contributed by atoms with Gasteiger partial charge in [-0.25, -0.2) is 0 Å². The van der Waals surface area contributed by atoms with Gasteiger partial charge < -0.3 is 4.84 Å². The molecule has 0 bridgehead atoms. The zero-order chi connectivity index (χ0) is 8.69. The molecule has 0 fully saturated rings. The van der Waals surface area contributed by atoms with Crippen molar-refractivity contribution in [1.29, 1.82) is 0 Å². The van der Waals surface area contributed by atoms with Crippen molar-refractivity contribution in [2.24, 2.45) is 11.3 Å². The van der Waals surface area contributed by atoms with Crippen molar-refractivity contribution in [2.45, 2.75) is 19.4 Å². The first-order valence-electron chi connectivity index (χ1n) is 3.53. The summed E-state index contributed by atoms with van der Waals surface area (Å²) >= 11 is 0. The Hall–Kier alpha value is -1.12. The molecule has 0 amide bonds. The molecule has 2 atom stereocenters. The first-order valence-corrected chi connectivity index (χ1v) is 3.53. The van der Waals surface area contributed by atoms with Crippen LogP contribution in [0.4, 0.5) is 0 Å². The molecule has 0 aliphatic heterocycles. The van der Waals surface area contributed by atoms with E-state index in [0.717, 1.165) is 6.42 Å². The van der Waals surface area contributed by atoms with Crippen LogP contribution >= 0.6 is 0 Å². The van der Waals surface area contributed by atoms with Gasteiger partial charge in [-0.2, -0.15) is 0 Å². The van der Waals surface area contributed by atoms with E-state index in [2.05, 4.69) is 23.3 Å². The van der Waals surface area contributed by atoms with Crippen molar-refractivity contribution in [3.05, 3.63) is 30.2 Å². The highest BCUT2D eigenvalue weighted by Crippen LogP contribution is 2.14. The zero-order valence-corrected chi connectivity index (χ0v) is 6.69. The average molecular weight is 155 g/mol. The summed E-state index contributed by atoms with van der Waals surface area (Å²) in [6.07, 6.45) is 3.81. The molecule has 2 unspecified atom stereocenters. The molecule has 0 aromatic heterocycles. The van der Waals surface area contributed by atoms with Crippen molar-refractivity contribution in [1.82, 2.24) is 0 Å². The minimum Gasteiger partial charge on any atom is -0.356 e. The maximum Gasteiger partial charge on any atom is 0.155 e. The maximum atomic E-state index is 9.76. The fourth-order valence-electron chi connectivity index (χ4n) is 0.879. The van der Waals surface area contributed by atoms with Gasteiger partial charge in [0.15, 0.2) is 11.4 Å². The summed E-state index contributed by atoms with van der Waals surface area (Å²) in [5, 5.41) is 2.35. The molecule has 0 heterocycles. The number of nitrogens with zero attached hydrogens (tertiary/aromatic N) is 1. The van der Waals surface area contributed by atoms with E-state index < -0.39 is 0 Å². The predicted molar refractivity (Wildman–Crippen MR) is 44.8 cm³/mol. The quantitative estimate of drug-likeness (QED) is 0.335. The third kappa shape index (κ3) is 2.98. The van der Waals surface area contributed by atoms with Crippen LogP contribution in [0, 0.1) is 10.8 Å². The SMILES string of the molecule is C=CC(CC)C(C=C)ON=O. The Labute approximate surface area is 66.7 Å². The first kappa shape index (κ1) is 9.88. The van der Waals surface area contributed by atoms with Gasteiger partial charge in [0, 0.05) is 5.92 Å². The topological polar surface area (TPSA) is 38.7 Å². The molecule has 0 aliphatic rings. The molecule has 0 aromatic carbocycles. The molecule has 0 radical (unpaired) electrons. The van der Waals surface area contributed by atoms with Crippen LogP contribution in [-0.2, 0) is 4.84 Å². The van der Waals surface area contributed by atoms with Gasteiger partial charge in [-0.05, 0) is 12.5 Å². The molecule has 0 aromatic rings. The van der Waals surface area contributed by atoms with E-state index in [0.29, 0.717) is 0 Å². The standard InChI is InChI=1S/C8H13NO2/c1-4-7(5-2)8(6-3)11-9-10/h4,6-8H,1,3,5H2,2H3. The van der Waals surface area contributed by atoms with Crippen LogP contribution in [-0.4, -0.2) is 6.10 Å². The molecule has 3 heteroatoms. The summed E-state index contributed by atoms with van der Waals surface area (Å²) in [4.78, 5) is 14.3. The fourth-order valence-corrected chi connectivity index (χ4v) is 0.879. The molecule has 0 N–H and O–H groups in total. The number of rotatable bonds is 6. The molecular formula is C8H13NO2. The monoisotopic (exact) mass is 155 g/mol. The van der Waals surface area contributed by atoms with Crippen molar-refractivity contribution in [2.75, 3.05) is 0 Å². The average Bonchev–Trinajstić information content (AvgIpc) is 2.05. The highest BCUT2D eigenvalue weighted by molar-refractivity contribution is 4.93. The van der Waals surface area contributed by atoms with Crippen molar-refractivity contribution in [3.8, 4) is 0 Å². The van der Waals surface area contributed by atoms with Crippen LogP contribution in [0.15, 0.2) is 30.7 Å². The Morgan fingerprint density at radius 1 is 1.55 bits per heavy atom. The maximum absolute atomic E-state index is 9.76. The second-order valence-electron chi connectivity index (χ2n) is 2.19. The third-order valence-electron chi connectivity index (χ3n) is 1.59. The van der Waals surface area contributed by atoms with Crippen LogP contribution in [0.5, 0.6) is 0 Å². The van der Waals surface area contributed by atoms with E-state index in [-0.39, 0.29) is 12.0 Å². The summed E-state index contributed by atoms with van der Waals surface area (Å²) in [7, 11) is 0. The largest absolute Gasteiger partial charge is 0.356 e. The van der Waals surface area contributed by atoms with Crippen molar-refractivity contribution >= 4 is 0 Å². The second-order valence-corrected chi connectivity index (χ2v) is 2.19. The molecule has 0 saturated carbocycles. The van der Waals surface area contributed by atoms with Gasteiger partial charge in [-0.1, -0.05) is 19.6 Å². The zero-order valence-electron chi connectivity index (χ0n) is 6.69. The van der Waals surface area contributed by atoms with Gasteiger partial charge in [0.25, 0.3) is 0 Å². The summed E-state index contributed by atoms with van der Waals surface area (Å²) in [6, 6.07) is 0. The fraction of sp³-hybridized carbons (Fsp3) is 0.500. The van der Waals surface area contributed by atoms with E-state index in [9.17, 15) is 4.91 Å². The highest BCUT2D eigenvalue weighted by atomic mass is 16.7. The summed E-state index contributed by atoms with van der Waals surface area (Å²) < 4.78 is 0. The summed E-state index contributed by atoms with van der Waals surface area (Å²) in [6.45, 7) is 9.12. The van der Waals surface area contributed by atoms with Gasteiger partial charge in [0.2, 0.25) is 0 Å². The third-order valence-corrected chi connectivity index (χ3v) is 1.59. The minimum atomic E-state index is -0.338. The molecule has 0 spiro atoms. The van der Waals surface area contributed by atoms with E-state index in [4.69, 9.17) is 0 Å². The van der Waals surface area contributed by atoms with Crippen molar-refractivity contribution < 1.29 is 4.84 Å². The number of hydrogen-bond donors (Lipinski definition) is 0. The predicted octanol–water partition coefficient (Wildman–Crippen LogP) is 2.45. The molecule has 11 heavy (non-hydrogen) atoms. The first-order chi connectivity index (χ1) is 5.29. The molecular weight excluding hydrogens is 142 g/mol. The van der Waals surface area contributed by atoms with Gasteiger partial charge in [-0.3, -0.25) is 0 Å². The van der Waals surface area contributed by atoms with Crippen LogP contribution < -0.4 is 0 Å². The lowest BCUT2D eigenvalue weighted by Gasteiger charge is -2.15. The van der Waals surface area contributed by atoms with Crippen LogP contribution in [0.25, 0.3) is 0 Å². The highest BCUT2D eigenvalue weighted by Gasteiger charge is 2.14. The Bertz CT molecular complexity index is 145. The lowest BCUT2D eigenvalue weighted by molar-refractivity contribution is 0.0595. The molecule has 62 valence electrons. The van der Waals surface area contributed by atoms with Crippen molar-refractivity contribution in [3.63, 3.8) is 0 Å². The Morgan fingerprint density at radius 3 is 2.45 bits per heavy atom.